The van der Waals surface area contributed by atoms with E-state index in [0.29, 0.717) is 0 Å². The van der Waals surface area contributed by atoms with Gasteiger partial charge in [-0.1, -0.05) is 154 Å². The molecular formula is C52H70Cl2O4P2Pt. The molecule has 4 aromatic carbocycles. The molecule has 4 nitrogen and oxygen atoms in total. The van der Waals surface area contributed by atoms with E-state index in [9.17, 15) is 0 Å². The Balaban J connectivity index is 0.000000192. The van der Waals surface area contributed by atoms with Gasteiger partial charge in [0.05, 0.1) is 39.6 Å². The second-order valence-corrected chi connectivity index (χ2v) is 25.9. The summed E-state index contributed by atoms with van der Waals surface area (Å²) in [5.74, 6) is 3.66. The molecule has 0 heterocycles. The molecule has 8 rings (SSSR count). The normalized spacial score (nSPS) is 18.2. The summed E-state index contributed by atoms with van der Waals surface area (Å²) >= 11 is -0.472. The first-order valence-electron chi connectivity index (χ1n) is 23.1. The van der Waals surface area contributed by atoms with Crippen LogP contribution in [-0.2, 0) is 16.5 Å². The van der Waals surface area contributed by atoms with Crippen LogP contribution in [0.3, 0.4) is 0 Å². The van der Waals surface area contributed by atoms with E-state index in [4.69, 9.17) is 37.8 Å². The summed E-state index contributed by atoms with van der Waals surface area (Å²) in [6, 6.07) is 30.6. The third-order valence-electron chi connectivity index (χ3n) is 13.6. The number of rotatable bonds is 12. The zero-order valence-corrected chi connectivity index (χ0v) is 42.7. The summed E-state index contributed by atoms with van der Waals surface area (Å²) in [6.45, 7) is 0. The first-order valence-corrected chi connectivity index (χ1v) is 31.7. The van der Waals surface area contributed by atoms with E-state index < -0.39 is 16.5 Å². The minimum absolute atomic E-state index is 0.182. The molecule has 0 bridgehead atoms. The van der Waals surface area contributed by atoms with Crippen LogP contribution in [0.15, 0.2) is 84.9 Å². The number of halogens is 2. The zero-order chi connectivity index (χ0) is 42.8. The SMILES string of the molecule is COc1cccc(OC)c1-c1ccccc1P(C1CCCCC1)C1CCCCC1.COc1cccc(OC)c1-c1ccccc1P(C1CCCCC1)C1CCCCC1.[Cl][Pt][Cl]. The molecule has 0 spiro atoms. The molecule has 0 amide bonds. The molecule has 0 atom stereocenters. The van der Waals surface area contributed by atoms with Crippen molar-refractivity contribution in [1.82, 2.24) is 0 Å². The summed E-state index contributed by atoms with van der Waals surface area (Å²) in [6.07, 6.45) is 28.3. The Morgan fingerprint density at radius 2 is 0.623 bits per heavy atom. The molecule has 0 N–H and O–H groups in total. The maximum absolute atomic E-state index is 5.80. The molecule has 4 saturated carbocycles. The summed E-state index contributed by atoms with van der Waals surface area (Å²) in [7, 11) is 16.5. The third-order valence-corrected chi connectivity index (χ3v) is 20.7. The van der Waals surface area contributed by atoms with Crippen LogP contribution in [0.2, 0.25) is 0 Å². The van der Waals surface area contributed by atoms with E-state index in [2.05, 4.69) is 72.8 Å². The van der Waals surface area contributed by atoms with Gasteiger partial charge in [-0.15, -0.1) is 0 Å². The van der Waals surface area contributed by atoms with Crippen molar-refractivity contribution < 1.29 is 35.4 Å². The van der Waals surface area contributed by atoms with Crippen molar-refractivity contribution in [2.24, 2.45) is 0 Å². The Morgan fingerprint density at radius 3 is 0.869 bits per heavy atom. The number of ether oxygens (including phenoxy) is 4. The van der Waals surface area contributed by atoms with Crippen LogP contribution in [0, 0.1) is 0 Å². The fourth-order valence-corrected chi connectivity index (χ4v) is 18.8. The topological polar surface area (TPSA) is 36.9 Å². The molecule has 336 valence electrons. The molecule has 0 radical (unpaired) electrons. The average molecular weight is 1090 g/mol. The molecule has 61 heavy (non-hydrogen) atoms. The number of hydrogen-bond donors (Lipinski definition) is 0. The van der Waals surface area contributed by atoms with Crippen molar-refractivity contribution in [3.05, 3.63) is 84.9 Å². The monoisotopic (exact) mass is 1090 g/mol. The third kappa shape index (κ3) is 12.7. The van der Waals surface area contributed by atoms with E-state index >= 15 is 0 Å². The van der Waals surface area contributed by atoms with Crippen LogP contribution >= 0.6 is 34.7 Å². The van der Waals surface area contributed by atoms with Crippen molar-refractivity contribution in [3.8, 4) is 45.3 Å². The van der Waals surface area contributed by atoms with Crippen LogP contribution in [0.5, 0.6) is 23.0 Å². The van der Waals surface area contributed by atoms with Crippen LogP contribution in [-0.4, -0.2) is 51.1 Å². The molecular weight excluding hydrogens is 1020 g/mol. The van der Waals surface area contributed by atoms with Crippen LogP contribution < -0.4 is 29.6 Å². The van der Waals surface area contributed by atoms with Gasteiger partial charge in [0.15, 0.2) is 0 Å². The number of benzene rings is 4. The summed E-state index contributed by atoms with van der Waals surface area (Å²) < 4.78 is 23.2. The summed E-state index contributed by atoms with van der Waals surface area (Å²) in [5, 5.41) is 3.17. The van der Waals surface area contributed by atoms with Crippen LogP contribution in [0.1, 0.15) is 128 Å². The first kappa shape index (κ1) is 48.7. The summed E-state index contributed by atoms with van der Waals surface area (Å²) in [4.78, 5) is 0. The predicted molar refractivity (Wildman–Crippen MR) is 262 cm³/mol. The fourth-order valence-electron chi connectivity index (χ4n) is 10.9. The van der Waals surface area contributed by atoms with Gasteiger partial charge in [0, 0.05) is 0 Å². The van der Waals surface area contributed by atoms with Gasteiger partial charge >= 0.3 is 35.3 Å². The van der Waals surface area contributed by atoms with Gasteiger partial charge in [0.25, 0.3) is 0 Å². The molecule has 4 aromatic rings. The Bertz CT molecular complexity index is 1670. The fraction of sp³-hybridized carbons (Fsp3) is 0.538. The molecule has 0 unspecified atom stereocenters. The van der Waals surface area contributed by atoms with Crippen molar-refractivity contribution in [3.63, 3.8) is 0 Å². The molecule has 0 aromatic heterocycles. The van der Waals surface area contributed by atoms with Gasteiger partial charge in [-0.2, -0.15) is 0 Å². The average Bonchev–Trinajstić information content (AvgIpc) is 3.33. The Hall–Kier alpha value is -1.79. The second kappa shape index (κ2) is 26.2. The number of hydrogen-bond acceptors (Lipinski definition) is 4. The zero-order valence-electron chi connectivity index (χ0n) is 37.1. The number of methoxy groups -OCH3 is 4. The second-order valence-electron chi connectivity index (χ2n) is 17.1. The quantitative estimate of drug-likeness (QED) is 0.133. The van der Waals surface area contributed by atoms with E-state index in [-0.39, 0.29) is 15.8 Å². The molecule has 4 aliphatic rings. The van der Waals surface area contributed by atoms with Crippen molar-refractivity contribution >= 4 is 45.3 Å². The Kier molecular flexibility index (Phi) is 20.9. The van der Waals surface area contributed by atoms with Gasteiger partial charge in [-0.25, -0.2) is 0 Å². The molecule has 0 saturated heterocycles. The van der Waals surface area contributed by atoms with Crippen LogP contribution in [0.25, 0.3) is 22.3 Å². The minimum atomic E-state index is -0.472. The van der Waals surface area contributed by atoms with E-state index in [1.54, 1.807) is 39.0 Å². The van der Waals surface area contributed by atoms with Crippen molar-refractivity contribution in [1.29, 1.82) is 0 Å². The molecule has 4 aliphatic carbocycles. The molecule has 4 fully saturated rings. The standard InChI is InChI=1S/2C26H35O2P.2ClH.Pt/c2*1-27-23-17-11-18-24(28-2)26(23)22-16-9-10-19-25(22)29(20-12-5-3-6-13-20)21-14-7-4-8-15-21;;;/h2*9-11,16-21H,3-8,12-15H2,1-2H3;2*1H;/q;;;;+2/p-2. The van der Waals surface area contributed by atoms with Gasteiger partial charge < -0.3 is 18.9 Å². The first-order chi connectivity index (χ1) is 30.1. The van der Waals surface area contributed by atoms with Crippen molar-refractivity contribution in [2.75, 3.05) is 28.4 Å². The van der Waals surface area contributed by atoms with E-state index in [1.165, 1.54) is 140 Å². The maximum atomic E-state index is 5.80. The summed E-state index contributed by atoms with van der Waals surface area (Å²) in [5.41, 5.74) is 8.45. The predicted octanol–water partition coefficient (Wildman–Crippen LogP) is 15.7. The molecule has 0 aliphatic heterocycles. The Labute approximate surface area is 387 Å². The molecule has 9 heteroatoms. The van der Waals surface area contributed by atoms with Crippen LogP contribution in [0.4, 0.5) is 0 Å². The van der Waals surface area contributed by atoms with Gasteiger partial charge in [-0.05, 0) is 120 Å². The van der Waals surface area contributed by atoms with Gasteiger partial charge in [-0.3, -0.25) is 0 Å². The van der Waals surface area contributed by atoms with Gasteiger partial charge in [0.1, 0.15) is 23.0 Å². The van der Waals surface area contributed by atoms with Gasteiger partial charge in [0.2, 0.25) is 0 Å². The van der Waals surface area contributed by atoms with E-state index in [0.717, 1.165) is 56.8 Å². The Morgan fingerprint density at radius 1 is 0.377 bits per heavy atom. The van der Waals surface area contributed by atoms with E-state index in [1.807, 2.05) is 12.1 Å². The van der Waals surface area contributed by atoms with Crippen molar-refractivity contribution in [2.45, 2.75) is 151 Å².